The van der Waals surface area contributed by atoms with Gasteiger partial charge in [-0.3, -0.25) is 0 Å². The topological polar surface area (TPSA) is 21.3 Å². The van der Waals surface area contributed by atoms with Crippen molar-refractivity contribution in [2.24, 2.45) is 0 Å². The third kappa shape index (κ3) is 3.48. The first-order chi connectivity index (χ1) is 8.81. The van der Waals surface area contributed by atoms with Crippen molar-refractivity contribution in [3.63, 3.8) is 0 Å². The molecular weight excluding hydrogens is 266 g/mol. The number of hydrogen-bond acceptors (Lipinski definition) is 3. The first-order valence-electron chi connectivity index (χ1n) is 5.87. The van der Waals surface area contributed by atoms with Crippen LogP contribution in [0.4, 0.5) is 0 Å². The van der Waals surface area contributed by atoms with Crippen molar-refractivity contribution in [1.82, 2.24) is 5.32 Å². The fourth-order valence-electron chi connectivity index (χ4n) is 1.74. The molecule has 2 nitrogen and oxygen atoms in total. The summed E-state index contributed by atoms with van der Waals surface area (Å²) in [4.78, 5) is 0. The van der Waals surface area contributed by atoms with Crippen LogP contribution in [0.25, 0.3) is 0 Å². The maximum absolute atomic E-state index is 6.17. The minimum Gasteiger partial charge on any atom is -0.493 e. The summed E-state index contributed by atoms with van der Waals surface area (Å²) in [6.45, 7) is 1.39. The van der Waals surface area contributed by atoms with E-state index in [0.717, 1.165) is 22.8 Å². The third-order valence-electron chi connectivity index (χ3n) is 2.66. The Kier molecular flexibility index (Phi) is 5.05. The molecule has 0 aliphatic heterocycles. The van der Waals surface area contributed by atoms with Crippen LogP contribution in [0.15, 0.2) is 35.0 Å². The van der Waals surface area contributed by atoms with Crippen LogP contribution in [0.3, 0.4) is 0 Å². The molecule has 1 aromatic carbocycles. The highest BCUT2D eigenvalue weighted by Crippen LogP contribution is 2.26. The van der Waals surface area contributed by atoms with Gasteiger partial charge in [0.1, 0.15) is 5.75 Å². The van der Waals surface area contributed by atoms with Gasteiger partial charge in [0, 0.05) is 23.6 Å². The number of rotatable bonds is 6. The third-order valence-corrected chi connectivity index (χ3v) is 3.74. The lowest BCUT2D eigenvalue weighted by atomic mass is 10.2. The summed E-state index contributed by atoms with van der Waals surface area (Å²) >= 11 is 7.88. The van der Waals surface area contributed by atoms with Crippen LogP contribution in [0.5, 0.6) is 5.75 Å². The molecule has 1 aromatic heterocycles. The molecule has 0 amide bonds. The van der Waals surface area contributed by atoms with Crippen molar-refractivity contribution < 1.29 is 4.74 Å². The standard InChI is InChI=1S/C14H16ClNOS/c1-16-9-12-13(15)3-2-4-14(12)17-7-5-11-6-8-18-10-11/h2-4,6,8,10,16H,5,7,9H2,1H3. The monoisotopic (exact) mass is 281 g/mol. The fourth-order valence-corrected chi connectivity index (χ4v) is 2.67. The van der Waals surface area contributed by atoms with Crippen LogP contribution in [0.2, 0.25) is 5.02 Å². The molecule has 4 heteroatoms. The molecule has 1 heterocycles. The van der Waals surface area contributed by atoms with Gasteiger partial charge in [-0.25, -0.2) is 0 Å². The largest absolute Gasteiger partial charge is 0.493 e. The van der Waals surface area contributed by atoms with Crippen molar-refractivity contribution in [2.45, 2.75) is 13.0 Å². The normalized spacial score (nSPS) is 10.6. The van der Waals surface area contributed by atoms with Crippen LogP contribution in [0, 0.1) is 0 Å². The van der Waals surface area contributed by atoms with Gasteiger partial charge in [-0.2, -0.15) is 11.3 Å². The van der Waals surface area contributed by atoms with Gasteiger partial charge in [-0.15, -0.1) is 0 Å². The molecular formula is C14H16ClNOS. The van der Waals surface area contributed by atoms with Gasteiger partial charge in [0.25, 0.3) is 0 Å². The van der Waals surface area contributed by atoms with Gasteiger partial charge in [-0.1, -0.05) is 17.7 Å². The van der Waals surface area contributed by atoms with Gasteiger partial charge >= 0.3 is 0 Å². The lowest BCUT2D eigenvalue weighted by Crippen LogP contribution is -2.09. The predicted octanol–water partition coefficient (Wildman–Crippen LogP) is 3.74. The first-order valence-corrected chi connectivity index (χ1v) is 7.19. The molecule has 0 aliphatic rings. The Hall–Kier alpha value is -1.03. The number of thiophene rings is 1. The Labute approximate surface area is 117 Å². The van der Waals surface area contributed by atoms with Gasteiger partial charge in [-0.05, 0) is 41.6 Å². The maximum Gasteiger partial charge on any atom is 0.125 e. The summed E-state index contributed by atoms with van der Waals surface area (Å²) in [6, 6.07) is 7.90. The van der Waals surface area contributed by atoms with E-state index < -0.39 is 0 Å². The molecule has 2 aromatic rings. The summed E-state index contributed by atoms with van der Waals surface area (Å²) in [7, 11) is 1.90. The Morgan fingerprint density at radius 3 is 2.94 bits per heavy atom. The zero-order valence-corrected chi connectivity index (χ0v) is 11.9. The Bertz CT molecular complexity index is 485. The predicted molar refractivity (Wildman–Crippen MR) is 77.7 cm³/mol. The summed E-state index contributed by atoms with van der Waals surface area (Å²) in [5.74, 6) is 0.868. The first kappa shape index (κ1) is 13.4. The highest BCUT2D eigenvalue weighted by atomic mass is 35.5. The van der Waals surface area contributed by atoms with E-state index in [2.05, 4.69) is 22.1 Å². The van der Waals surface area contributed by atoms with E-state index >= 15 is 0 Å². The number of nitrogens with one attached hydrogen (secondary N) is 1. The van der Waals surface area contributed by atoms with E-state index in [1.165, 1.54) is 5.56 Å². The van der Waals surface area contributed by atoms with Gasteiger partial charge < -0.3 is 10.1 Å². The minimum absolute atomic E-state index is 0.674. The van der Waals surface area contributed by atoms with Gasteiger partial charge in [0.05, 0.1) is 6.61 Å². The van der Waals surface area contributed by atoms with Crippen molar-refractivity contribution in [2.75, 3.05) is 13.7 Å². The molecule has 0 unspecified atom stereocenters. The van der Waals surface area contributed by atoms with Gasteiger partial charge in [0.2, 0.25) is 0 Å². The van der Waals surface area contributed by atoms with E-state index in [-0.39, 0.29) is 0 Å². The zero-order valence-electron chi connectivity index (χ0n) is 10.3. The molecule has 96 valence electrons. The SMILES string of the molecule is CNCc1c(Cl)cccc1OCCc1ccsc1. The molecule has 1 N–H and O–H groups in total. The molecule has 2 rings (SSSR count). The van der Waals surface area contributed by atoms with E-state index in [0.29, 0.717) is 13.2 Å². The Morgan fingerprint density at radius 2 is 2.22 bits per heavy atom. The summed E-state index contributed by atoms with van der Waals surface area (Å²) in [6.07, 6.45) is 0.926. The van der Waals surface area contributed by atoms with Crippen LogP contribution < -0.4 is 10.1 Å². The van der Waals surface area contributed by atoms with Crippen molar-refractivity contribution >= 4 is 22.9 Å². The molecule has 0 atom stereocenters. The summed E-state index contributed by atoms with van der Waals surface area (Å²) in [5.41, 5.74) is 2.34. The molecule has 0 saturated heterocycles. The molecule has 0 bridgehead atoms. The van der Waals surface area contributed by atoms with E-state index in [4.69, 9.17) is 16.3 Å². The second-order valence-electron chi connectivity index (χ2n) is 3.98. The lowest BCUT2D eigenvalue weighted by Gasteiger charge is -2.12. The van der Waals surface area contributed by atoms with E-state index in [1.54, 1.807) is 11.3 Å². The number of benzene rings is 1. The number of ether oxygens (including phenoxy) is 1. The second-order valence-corrected chi connectivity index (χ2v) is 5.16. The molecule has 0 radical (unpaired) electrons. The Morgan fingerprint density at radius 1 is 1.33 bits per heavy atom. The smallest absolute Gasteiger partial charge is 0.125 e. The average molecular weight is 282 g/mol. The van der Waals surface area contributed by atoms with Gasteiger partial charge in [0.15, 0.2) is 0 Å². The average Bonchev–Trinajstić information content (AvgIpc) is 2.86. The van der Waals surface area contributed by atoms with E-state index in [1.807, 2.05) is 25.2 Å². The van der Waals surface area contributed by atoms with Crippen molar-refractivity contribution in [1.29, 1.82) is 0 Å². The lowest BCUT2D eigenvalue weighted by molar-refractivity contribution is 0.318. The maximum atomic E-state index is 6.17. The second kappa shape index (κ2) is 6.78. The molecule has 0 spiro atoms. The summed E-state index contributed by atoms with van der Waals surface area (Å²) < 4.78 is 5.82. The number of halogens is 1. The fraction of sp³-hybridized carbons (Fsp3) is 0.286. The van der Waals surface area contributed by atoms with Crippen LogP contribution in [-0.4, -0.2) is 13.7 Å². The van der Waals surface area contributed by atoms with Crippen molar-refractivity contribution in [3.8, 4) is 5.75 Å². The molecule has 18 heavy (non-hydrogen) atoms. The van der Waals surface area contributed by atoms with Crippen LogP contribution in [-0.2, 0) is 13.0 Å². The van der Waals surface area contributed by atoms with Crippen LogP contribution >= 0.6 is 22.9 Å². The molecule has 0 saturated carbocycles. The highest BCUT2D eigenvalue weighted by molar-refractivity contribution is 7.07. The molecule has 0 aliphatic carbocycles. The summed E-state index contributed by atoms with van der Waals surface area (Å²) in [5, 5.41) is 8.09. The molecule has 0 fully saturated rings. The minimum atomic E-state index is 0.674. The highest BCUT2D eigenvalue weighted by Gasteiger charge is 2.07. The van der Waals surface area contributed by atoms with Crippen molar-refractivity contribution in [3.05, 3.63) is 51.2 Å². The zero-order chi connectivity index (χ0) is 12.8. The Balaban J connectivity index is 1.98. The quantitative estimate of drug-likeness (QED) is 0.871. The van der Waals surface area contributed by atoms with E-state index in [9.17, 15) is 0 Å². The van der Waals surface area contributed by atoms with Crippen LogP contribution in [0.1, 0.15) is 11.1 Å². The number of hydrogen-bond donors (Lipinski definition) is 1.